The molecule has 0 fully saturated rings. The van der Waals surface area contributed by atoms with E-state index in [1.54, 1.807) is 0 Å². The van der Waals surface area contributed by atoms with Crippen LogP contribution in [0, 0.1) is 6.92 Å². The molecule has 1 unspecified atom stereocenters. The summed E-state index contributed by atoms with van der Waals surface area (Å²) in [5.74, 6) is -1.42. The van der Waals surface area contributed by atoms with Crippen LogP contribution in [-0.4, -0.2) is 24.8 Å². The number of carbonyl (C=O) groups is 1. The highest BCUT2D eigenvalue weighted by atomic mass is 16.5. The second kappa shape index (κ2) is 4.77. The molecule has 1 N–H and O–H groups in total. The molecule has 1 rings (SSSR count). The Kier molecular flexibility index (Phi) is 3.65. The minimum absolute atomic E-state index is 0.207. The fourth-order valence-electron chi connectivity index (χ4n) is 1.28. The Morgan fingerprint density at radius 1 is 1.43 bits per heavy atom. The predicted octanol–water partition coefficient (Wildman–Crippen LogP) is 1.81. The smallest absolute Gasteiger partial charge is 0.313 e. The molecular weight excluding hydrogens is 180 g/mol. The van der Waals surface area contributed by atoms with Crippen molar-refractivity contribution in [2.24, 2.45) is 0 Å². The third kappa shape index (κ3) is 2.57. The summed E-state index contributed by atoms with van der Waals surface area (Å²) in [4.78, 5) is 10.9. The monoisotopic (exact) mass is 194 g/mol. The van der Waals surface area contributed by atoms with Gasteiger partial charge in [-0.25, -0.2) is 0 Å². The van der Waals surface area contributed by atoms with Crippen molar-refractivity contribution in [2.45, 2.75) is 12.8 Å². The lowest BCUT2D eigenvalue weighted by atomic mass is 9.99. The lowest BCUT2D eigenvalue weighted by molar-refractivity contribution is -0.140. The Bertz CT molecular complexity index is 303. The van der Waals surface area contributed by atoms with Crippen molar-refractivity contribution in [1.29, 1.82) is 0 Å². The number of ether oxygens (including phenoxy) is 1. The number of methoxy groups -OCH3 is 1. The summed E-state index contributed by atoms with van der Waals surface area (Å²) in [6.45, 7) is 2.17. The van der Waals surface area contributed by atoms with Gasteiger partial charge in [0.2, 0.25) is 0 Å². The third-order valence-electron chi connectivity index (χ3n) is 2.11. The molecule has 3 nitrogen and oxygen atoms in total. The maximum Gasteiger partial charge on any atom is 0.313 e. The molecule has 76 valence electrons. The van der Waals surface area contributed by atoms with Gasteiger partial charge in [-0.3, -0.25) is 4.79 Å². The molecule has 3 heteroatoms. The summed E-state index contributed by atoms with van der Waals surface area (Å²) >= 11 is 0. The van der Waals surface area contributed by atoms with Crippen molar-refractivity contribution in [3.63, 3.8) is 0 Å². The Balaban J connectivity index is 2.87. The highest BCUT2D eigenvalue weighted by Gasteiger charge is 2.18. The molecule has 0 aliphatic carbocycles. The van der Waals surface area contributed by atoms with Crippen molar-refractivity contribution >= 4 is 5.97 Å². The van der Waals surface area contributed by atoms with Crippen molar-refractivity contribution in [3.8, 4) is 0 Å². The largest absolute Gasteiger partial charge is 0.481 e. The number of carboxylic acids is 1. The molecule has 0 saturated carbocycles. The Labute approximate surface area is 83.3 Å². The van der Waals surface area contributed by atoms with E-state index in [4.69, 9.17) is 9.84 Å². The second-order valence-electron chi connectivity index (χ2n) is 3.26. The Morgan fingerprint density at radius 3 is 2.43 bits per heavy atom. The van der Waals surface area contributed by atoms with E-state index in [0.717, 1.165) is 11.1 Å². The fraction of sp³-hybridized carbons (Fsp3) is 0.364. The van der Waals surface area contributed by atoms with E-state index in [1.807, 2.05) is 31.2 Å². The summed E-state index contributed by atoms with van der Waals surface area (Å²) in [7, 11) is 1.50. The van der Waals surface area contributed by atoms with Crippen LogP contribution in [0.3, 0.4) is 0 Å². The zero-order chi connectivity index (χ0) is 10.6. The SMILES string of the molecule is COCC(C(=O)O)c1ccc(C)cc1. The van der Waals surface area contributed by atoms with Gasteiger partial charge in [0.05, 0.1) is 6.61 Å². The molecule has 14 heavy (non-hydrogen) atoms. The molecule has 1 aromatic rings. The van der Waals surface area contributed by atoms with Gasteiger partial charge in [0.1, 0.15) is 5.92 Å². The minimum atomic E-state index is -0.851. The number of benzene rings is 1. The molecule has 0 heterocycles. The molecule has 0 saturated heterocycles. The van der Waals surface area contributed by atoms with E-state index >= 15 is 0 Å². The summed E-state index contributed by atoms with van der Waals surface area (Å²) in [6, 6.07) is 7.46. The number of hydrogen-bond donors (Lipinski definition) is 1. The maximum absolute atomic E-state index is 10.9. The van der Waals surface area contributed by atoms with E-state index in [0.29, 0.717) is 0 Å². The standard InChI is InChI=1S/C11H14O3/c1-8-3-5-9(6-4-8)10(7-14-2)11(12)13/h3-6,10H,7H2,1-2H3,(H,12,13). The van der Waals surface area contributed by atoms with Crippen LogP contribution in [-0.2, 0) is 9.53 Å². The van der Waals surface area contributed by atoms with Crippen molar-refractivity contribution < 1.29 is 14.6 Å². The molecule has 0 radical (unpaired) electrons. The van der Waals surface area contributed by atoms with E-state index in [2.05, 4.69) is 0 Å². The van der Waals surface area contributed by atoms with Gasteiger partial charge >= 0.3 is 5.97 Å². The van der Waals surface area contributed by atoms with Crippen LogP contribution in [0.15, 0.2) is 24.3 Å². The highest BCUT2D eigenvalue weighted by Crippen LogP contribution is 2.16. The molecule has 0 aliphatic heterocycles. The maximum atomic E-state index is 10.9. The number of carboxylic acid groups (broad SMARTS) is 1. The molecule has 0 amide bonds. The molecule has 0 aromatic heterocycles. The zero-order valence-corrected chi connectivity index (χ0v) is 8.36. The summed E-state index contributed by atoms with van der Waals surface area (Å²) in [5.41, 5.74) is 1.90. The van der Waals surface area contributed by atoms with Gasteiger partial charge in [0, 0.05) is 7.11 Å². The molecule has 0 spiro atoms. The van der Waals surface area contributed by atoms with Gasteiger partial charge in [0.25, 0.3) is 0 Å². The number of aryl methyl sites for hydroxylation is 1. The summed E-state index contributed by atoms with van der Waals surface area (Å²) < 4.78 is 4.87. The van der Waals surface area contributed by atoms with Gasteiger partial charge in [-0.15, -0.1) is 0 Å². The van der Waals surface area contributed by atoms with Crippen LogP contribution >= 0.6 is 0 Å². The normalized spacial score (nSPS) is 12.4. The second-order valence-corrected chi connectivity index (χ2v) is 3.26. The Hall–Kier alpha value is -1.35. The van der Waals surface area contributed by atoms with Crippen LogP contribution in [0.5, 0.6) is 0 Å². The van der Waals surface area contributed by atoms with Crippen LogP contribution in [0.1, 0.15) is 17.0 Å². The van der Waals surface area contributed by atoms with Gasteiger partial charge in [-0.05, 0) is 12.5 Å². The van der Waals surface area contributed by atoms with Gasteiger partial charge in [-0.2, -0.15) is 0 Å². The highest BCUT2D eigenvalue weighted by molar-refractivity contribution is 5.76. The van der Waals surface area contributed by atoms with Gasteiger partial charge in [0.15, 0.2) is 0 Å². The first-order valence-electron chi connectivity index (χ1n) is 4.43. The topological polar surface area (TPSA) is 46.5 Å². The molecule has 0 aliphatic rings. The lowest BCUT2D eigenvalue weighted by Crippen LogP contribution is -2.16. The van der Waals surface area contributed by atoms with Crippen molar-refractivity contribution in [2.75, 3.05) is 13.7 Å². The first kappa shape index (κ1) is 10.7. The number of aliphatic carboxylic acids is 1. The summed E-state index contributed by atoms with van der Waals surface area (Å²) in [5, 5.41) is 8.95. The molecule has 1 aromatic carbocycles. The van der Waals surface area contributed by atoms with E-state index in [-0.39, 0.29) is 6.61 Å². The van der Waals surface area contributed by atoms with Crippen LogP contribution in [0.2, 0.25) is 0 Å². The Morgan fingerprint density at radius 2 is 2.00 bits per heavy atom. The van der Waals surface area contributed by atoms with Crippen LogP contribution < -0.4 is 0 Å². The fourth-order valence-corrected chi connectivity index (χ4v) is 1.28. The molecule has 1 atom stereocenters. The van der Waals surface area contributed by atoms with Crippen LogP contribution in [0.4, 0.5) is 0 Å². The number of hydrogen-bond acceptors (Lipinski definition) is 2. The van der Waals surface area contributed by atoms with Crippen molar-refractivity contribution in [3.05, 3.63) is 35.4 Å². The predicted molar refractivity (Wildman–Crippen MR) is 53.4 cm³/mol. The minimum Gasteiger partial charge on any atom is -0.481 e. The molecular formula is C11H14O3. The van der Waals surface area contributed by atoms with Gasteiger partial charge < -0.3 is 9.84 Å². The quantitative estimate of drug-likeness (QED) is 0.795. The lowest BCUT2D eigenvalue weighted by Gasteiger charge is -2.11. The van der Waals surface area contributed by atoms with E-state index in [1.165, 1.54) is 7.11 Å². The average molecular weight is 194 g/mol. The zero-order valence-electron chi connectivity index (χ0n) is 8.36. The average Bonchev–Trinajstić information content (AvgIpc) is 2.15. The van der Waals surface area contributed by atoms with E-state index < -0.39 is 11.9 Å². The summed E-state index contributed by atoms with van der Waals surface area (Å²) in [6.07, 6.45) is 0. The van der Waals surface area contributed by atoms with Crippen molar-refractivity contribution in [1.82, 2.24) is 0 Å². The third-order valence-corrected chi connectivity index (χ3v) is 2.11. The first-order valence-corrected chi connectivity index (χ1v) is 4.43. The number of rotatable bonds is 4. The first-order chi connectivity index (χ1) is 6.65. The van der Waals surface area contributed by atoms with E-state index in [9.17, 15) is 4.79 Å². The van der Waals surface area contributed by atoms with Gasteiger partial charge in [-0.1, -0.05) is 29.8 Å². The van der Waals surface area contributed by atoms with Crippen LogP contribution in [0.25, 0.3) is 0 Å². The molecule has 0 bridgehead atoms.